The zero-order valence-electron chi connectivity index (χ0n) is 16.1. The van der Waals surface area contributed by atoms with Gasteiger partial charge in [-0.25, -0.2) is 0 Å². The first-order chi connectivity index (χ1) is 12.3. The van der Waals surface area contributed by atoms with Crippen molar-refractivity contribution in [3.05, 3.63) is 34.9 Å². The Balaban J connectivity index is 1.73. The second kappa shape index (κ2) is 9.49. The molecule has 0 bridgehead atoms. The number of rotatable bonds is 8. The molecule has 1 fully saturated rings. The van der Waals surface area contributed by atoms with Gasteiger partial charge in [0.15, 0.2) is 5.78 Å². The molecule has 0 atom stereocenters. The van der Waals surface area contributed by atoms with E-state index in [1.165, 1.54) is 0 Å². The molecular formula is C20H30ClN3O2. The van der Waals surface area contributed by atoms with Crippen LogP contribution in [-0.2, 0) is 4.79 Å². The third kappa shape index (κ3) is 6.08. The Morgan fingerprint density at radius 1 is 1.08 bits per heavy atom. The van der Waals surface area contributed by atoms with Crippen molar-refractivity contribution in [3.63, 3.8) is 0 Å². The summed E-state index contributed by atoms with van der Waals surface area (Å²) >= 11 is 5.83. The van der Waals surface area contributed by atoms with Crippen molar-refractivity contribution in [1.29, 1.82) is 0 Å². The molecule has 1 aliphatic heterocycles. The highest BCUT2D eigenvalue weighted by atomic mass is 35.5. The Bertz CT molecular complexity index is 608. The number of nitrogens with zero attached hydrogens (tertiary/aromatic N) is 2. The van der Waals surface area contributed by atoms with E-state index in [0.717, 1.165) is 32.7 Å². The number of piperazine rings is 1. The van der Waals surface area contributed by atoms with Crippen LogP contribution in [0.5, 0.6) is 0 Å². The Hall–Kier alpha value is -1.43. The maximum atomic E-state index is 12.1. The van der Waals surface area contributed by atoms with Crippen LogP contribution in [0.15, 0.2) is 24.3 Å². The molecule has 1 heterocycles. The topological polar surface area (TPSA) is 52.6 Å². The van der Waals surface area contributed by atoms with Crippen molar-refractivity contribution in [1.82, 2.24) is 15.1 Å². The van der Waals surface area contributed by atoms with Gasteiger partial charge in [-0.15, -0.1) is 0 Å². The van der Waals surface area contributed by atoms with E-state index in [-0.39, 0.29) is 30.1 Å². The van der Waals surface area contributed by atoms with Crippen molar-refractivity contribution in [2.24, 2.45) is 0 Å². The van der Waals surface area contributed by atoms with Gasteiger partial charge in [0.1, 0.15) is 0 Å². The number of hydrogen-bond acceptors (Lipinski definition) is 4. The second-order valence-electron chi connectivity index (χ2n) is 7.44. The van der Waals surface area contributed by atoms with Gasteiger partial charge in [0.05, 0.1) is 0 Å². The van der Waals surface area contributed by atoms with Gasteiger partial charge in [0.2, 0.25) is 5.91 Å². The summed E-state index contributed by atoms with van der Waals surface area (Å²) in [6.45, 7) is 12.4. The fraction of sp³-hybridized carbons (Fsp3) is 0.600. The lowest BCUT2D eigenvalue weighted by Crippen LogP contribution is -2.58. The number of Topliss-reactive ketones (excluding diaryl/α,β-unsaturated/α-hetero) is 1. The maximum absolute atomic E-state index is 12.1. The number of nitrogens with one attached hydrogen (secondary N) is 1. The number of carbonyl (C=O) groups is 2. The van der Waals surface area contributed by atoms with E-state index in [0.29, 0.717) is 17.1 Å². The Morgan fingerprint density at radius 3 is 2.27 bits per heavy atom. The Labute approximate surface area is 161 Å². The monoisotopic (exact) mass is 379 g/mol. The number of halogens is 1. The fourth-order valence-corrected chi connectivity index (χ4v) is 3.32. The first-order valence-corrected chi connectivity index (χ1v) is 9.72. The Kier molecular flexibility index (Phi) is 7.62. The van der Waals surface area contributed by atoms with Gasteiger partial charge in [-0.2, -0.15) is 0 Å². The van der Waals surface area contributed by atoms with E-state index in [9.17, 15) is 9.59 Å². The summed E-state index contributed by atoms with van der Waals surface area (Å²) in [6.07, 6.45) is 0.421. The number of amides is 1. The first-order valence-electron chi connectivity index (χ1n) is 9.34. The van der Waals surface area contributed by atoms with Crippen LogP contribution in [0.4, 0.5) is 0 Å². The minimum Gasteiger partial charge on any atom is -0.354 e. The Morgan fingerprint density at radius 2 is 1.69 bits per heavy atom. The number of hydrogen-bond donors (Lipinski definition) is 1. The van der Waals surface area contributed by atoms with Crippen LogP contribution < -0.4 is 5.32 Å². The molecule has 2 rings (SSSR count). The smallest absolute Gasteiger partial charge is 0.220 e. The predicted octanol–water partition coefficient (Wildman–Crippen LogP) is 2.84. The quantitative estimate of drug-likeness (QED) is 0.706. The summed E-state index contributed by atoms with van der Waals surface area (Å²) in [6, 6.07) is 6.77. The summed E-state index contributed by atoms with van der Waals surface area (Å²) in [7, 11) is 0. The molecule has 1 saturated heterocycles. The van der Waals surface area contributed by atoms with Gasteiger partial charge in [0.25, 0.3) is 0 Å². The average molecular weight is 380 g/mol. The van der Waals surface area contributed by atoms with Crippen molar-refractivity contribution in [2.45, 2.75) is 39.2 Å². The highest BCUT2D eigenvalue weighted by Crippen LogP contribution is 2.16. The average Bonchev–Trinajstić information content (AvgIpc) is 2.65. The summed E-state index contributed by atoms with van der Waals surface area (Å²) < 4.78 is 0. The van der Waals surface area contributed by atoms with Gasteiger partial charge in [-0.3, -0.25) is 14.5 Å². The van der Waals surface area contributed by atoms with E-state index in [2.05, 4.69) is 35.9 Å². The minimum absolute atomic E-state index is 0.0354. The van der Waals surface area contributed by atoms with E-state index in [1.54, 1.807) is 24.3 Å². The molecule has 0 radical (unpaired) electrons. The summed E-state index contributed by atoms with van der Waals surface area (Å²) in [5, 5.41) is 3.59. The van der Waals surface area contributed by atoms with Gasteiger partial charge in [-0.1, -0.05) is 18.5 Å². The lowest BCUT2D eigenvalue weighted by atomic mass is 10.0. The molecule has 26 heavy (non-hydrogen) atoms. The van der Waals surface area contributed by atoms with Crippen LogP contribution >= 0.6 is 11.6 Å². The molecule has 1 aromatic carbocycles. The van der Waals surface area contributed by atoms with Crippen LogP contribution in [0.1, 0.15) is 44.0 Å². The molecule has 144 valence electrons. The van der Waals surface area contributed by atoms with E-state index < -0.39 is 0 Å². The largest absolute Gasteiger partial charge is 0.354 e. The number of ketones is 1. The number of carbonyl (C=O) groups excluding carboxylic acids is 2. The molecule has 0 spiro atoms. The van der Waals surface area contributed by atoms with Gasteiger partial charge in [0, 0.05) is 61.7 Å². The fourth-order valence-electron chi connectivity index (χ4n) is 3.19. The molecule has 0 aromatic heterocycles. The molecule has 0 saturated carbocycles. The molecular weight excluding hydrogens is 350 g/mol. The lowest BCUT2D eigenvalue weighted by Gasteiger charge is -2.44. The minimum atomic E-state index is -0.0876. The molecule has 0 unspecified atom stereocenters. The van der Waals surface area contributed by atoms with E-state index in [1.807, 2.05) is 0 Å². The lowest BCUT2D eigenvalue weighted by molar-refractivity contribution is -0.121. The number of likely N-dealkylation sites (N-methyl/N-ethyl adjacent to an activating group) is 1. The summed E-state index contributed by atoms with van der Waals surface area (Å²) in [5.74, 6) is -0.112. The first kappa shape index (κ1) is 20.9. The summed E-state index contributed by atoms with van der Waals surface area (Å²) in [5.41, 5.74) is 0.506. The number of benzene rings is 1. The van der Waals surface area contributed by atoms with Crippen molar-refractivity contribution >= 4 is 23.3 Å². The zero-order chi connectivity index (χ0) is 19.2. The van der Waals surface area contributed by atoms with Gasteiger partial charge < -0.3 is 10.2 Å². The normalized spacial score (nSPS) is 16.5. The van der Waals surface area contributed by atoms with Crippen LogP contribution in [0.3, 0.4) is 0 Å². The highest BCUT2D eigenvalue weighted by Gasteiger charge is 2.29. The van der Waals surface area contributed by atoms with E-state index >= 15 is 0 Å². The molecule has 1 N–H and O–H groups in total. The molecule has 5 nitrogen and oxygen atoms in total. The standard InChI is InChI=1S/C20H30ClN3O2/c1-4-23-11-13-24(14-12-23)20(2,3)15-22-19(26)10-9-18(25)16-5-7-17(21)8-6-16/h5-8H,4,9-15H2,1-3H3,(H,22,26). The molecule has 1 aliphatic rings. The van der Waals surface area contributed by atoms with Gasteiger partial charge in [-0.05, 0) is 44.7 Å². The highest BCUT2D eigenvalue weighted by molar-refractivity contribution is 6.30. The van der Waals surface area contributed by atoms with Crippen molar-refractivity contribution in [2.75, 3.05) is 39.3 Å². The van der Waals surface area contributed by atoms with Crippen LogP contribution in [-0.4, -0.2) is 66.3 Å². The van der Waals surface area contributed by atoms with Crippen LogP contribution in [0, 0.1) is 0 Å². The third-order valence-electron chi connectivity index (χ3n) is 5.14. The molecule has 6 heteroatoms. The SMILES string of the molecule is CCN1CCN(C(C)(C)CNC(=O)CCC(=O)c2ccc(Cl)cc2)CC1. The van der Waals surface area contributed by atoms with Crippen LogP contribution in [0.25, 0.3) is 0 Å². The second-order valence-corrected chi connectivity index (χ2v) is 7.88. The van der Waals surface area contributed by atoms with E-state index in [4.69, 9.17) is 11.6 Å². The van der Waals surface area contributed by atoms with Crippen molar-refractivity contribution < 1.29 is 9.59 Å². The van der Waals surface area contributed by atoms with Gasteiger partial charge >= 0.3 is 0 Å². The zero-order valence-corrected chi connectivity index (χ0v) is 16.8. The summed E-state index contributed by atoms with van der Waals surface area (Å²) in [4.78, 5) is 29.1. The molecule has 1 aromatic rings. The maximum Gasteiger partial charge on any atom is 0.220 e. The van der Waals surface area contributed by atoms with Crippen LogP contribution in [0.2, 0.25) is 5.02 Å². The molecule has 1 amide bonds. The third-order valence-corrected chi connectivity index (χ3v) is 5.39. The van der Waals surface area contributed by atoms with Crippen molar-refractivity contribution in [3.8, 4) is 0 Å². The predicted molar refractivity (Wildman–Crippen MR) is 106 cm³/mol. The molecule has 0 aliphatic carbocycles.